The van der Waals surface area contributed by atoms with Crippen LogP contribution >= 0.6 is 34.8 Å². The van der Waals surface area contributed by atoms with Crippen LogP contribution in [-0.4, -0.2) is 7.11 Å². The van der Waals surface area contributed by atoms with Gasteiger partial charge in [-0.2, -0.15) is 0 Å². The van der Waals surface area contributed by atoms with Gasteiger partial charge < -0.3 is 15.2 Å². The molecule has 0 aliphatic heterocycles. The van der Waals surface area contributed by atoms with Gasteiger partial charge in [0, 0.05) is 28.8 Å². The summed E-state index contributed by atoms with van der Waals surface area (Å²) >= 11 is 18.3. The van der Waals surface area contributed by atoms with Crippen LogP contribution in [0.25, 0.3) is 0 Å². The Morgan fingerprint density at radius 3 is 2.43 bits per heavy atom. The van der Waals surface area contributed by atoms with Crippen molar-refractivity contribution in [2.24, 2.45) is 5.73 Å². The SMILES string of the molecule is COc1ccc(CN)c(OCc2c(Cl)ccc(Cl)c2Cl)c1. The molecule has 0 aliphatic rings. The molecule has 0 bridgehead atoms. The molecule has 0 heterocycles. The molecule has 2 aromatic rings. The quantitative estimate of drug-likeness (QED) is 0.799. The van der Waals surface area contributed by atoms with Crippen LogP contribution in [0.2, 0.25) is 15.1 Å². The second kappa shape index (κ2) is 7.23. The second-order valence-electron chi connectivity index (χ2n) is 4.29. The fraction of sp³-hybridized carbons (Fsp3) is 0.200. The Hall–Kier alpha value is -1.13. The molecule has 0 unspecified atom stereocenters. The second-order valence-corrected chi connectivity index (χ2v) is 5.48. The molecule has 0 radical (unpaired) electrons. The molecule has 2 rings (SSSR count). The van der Waals surface area contributed by atoms with Crippen molar-refractivity contribution in [2.75, 3.05) is 7.11 Å². The first-order chi connectivity index (χ1) is 10.1. The normalized spacial score (nSPS) is 10.5. The summed E-state index contributed by atoms with van der Waals surface area (Å²) in [7, 11) is 1.59. The number of benzene rings is 2. The van der Waals surface area contributed by atoms with Gasteiger partial charge in [-0.1, -0.05) is 40.9 Å². The zero-order valence-corrected chi connectivity index (χ0v) is 13.6. The zero-order chi connectivity index (χ0) is 15.4. The maximum atomic E-state index is 6.15. The lowest BCUT2D eigenvalue weighted by molar-refractivity contribution is 0.300. The monoisotopic (exact) mass is 345 g/mol. The molecule has 0 atom stereocenters. The number of rotatable bonds is 5. The van der Waals surface area contributed by atoms with Crippen LogP contribution in [0.5, 0.6) is 11.5 Å². The summed E-state index contributed by atoms with van der Waals surface area (Å²) in [5, 5.41) is 1.33. The van der Waals surface area contributed by atoms with E-state index < -0.39 is 0 Å². The van der Waals surface area contributed by atoms with E-state index in [2.05, 4.69) is 0 Å². The molecule has 21 heavy (non-hydrogen) atoms. The van der Waals surface area contributed by atoms with Crippen LogP contribution < -0.4 is 15.2 Å². The van der Waals surface area contributed by atoms with Crippen molar-refractivity contribution in [3.8, 4) is 11.5 Å². The smallest absolute Gasteiger partial charge is 0.127 e. The first-order valence-electron chi connectivity index (χ1n) is 6.19. The molecule has 0 amide bonds. The van der Waals surface area contributed by atoms with Crippen molar-refractivity contribution < 1.29 is 9.47 Å². The highest BCUT2D eigenvalue weighted by Gasteiger charge is 2.12. The highest BCUT2D eigenvalue weighted by atomic mass is 35.5. The minimum Gasteiger partial charge on any atom is -0.497 e. The molecular formula is C15H14Cl3NO2. The van der Waals surface area contributed by atoms with Crippen molar-refractivity contribution in [1.82, 2.24) is 0 Å². The Morgan fingerprint density at radius 2 is 1.76 bits per heavy atom. The maximum absolute atomic E-state index is 6.15. The van der Waals surface area contributed by atoms with Gasteiger partial charge in [-0.05, 0) is 18.2 Å². The van der Waals surface area contributed by atoms with E-state index in [1.807, 2.05) is 12.1 Å². The summed E-state index contributed by atoms with van der Waals surface area (Å²) < 4.78 is 11.0. The molecule has 0 aromatic heterocycles. The molecule has 112 valence electrons. The van der Waals surface area contributed by atoms with E-state index in [1.54, 1.807) is 25.3 Å². The third-order valence-corrected chi connectivity index (χ3v) is 4.20. The van der Waals surface area contributed by atoms with Gasteiger partial charge in [0.15, 0.2) is 0 Å². The first-order valence-corrected chi connectivity index (χ1v) is 7.32. The highest BCUT2D eigenvalue weighted by Crippen LogP contribution is 2.33. The van der Waals surface area contributed by atoms with Crippen molar-refractivity contribution in [2.45, 2.75) is 13.2 Å². The Morgan fingerprint density at radius 1 is 1.05 bits per heavy atom. The van der Waals surface area contributed by atoms with Crippen molar-refractivity contribution >= 4 is 34.8 Å². The Balaban J connectivity index is 2.26. The summed E-state index contributed by atoms with van der Waals surface area (Å²) in [6.45, 7) is 0.550. The van der Waals surface area contributed by atoms with Crippen LogP contribution in [0.4, 0.5) is 0 Å². The van der Waals surface area contributed by atoms with Gasteiger partial charge in [0.2, 0.25) is 0 Å². The minimum atomic E-state index is 0.193. The summed E-state index contributed by atoms with van der Waals surface area (Å²) in [4.78, 5) is 0. The van der Waals surface area contributed by atoms with E-state index in [4.69, 9.17) is 50.0 Å². The van der Waals surface area contributed by atoms with Crippen LogP contribution in [0.15, 0.2) is 30.3 Å². The summed E-state index contributed by atoms with van der Waals surface area (Å²) in [6.07, 6.45) is 0. The van der Waals surface area contributed by atoms with E-state index in [0.29, 0.717) is 38.7 Å². The molecule has 0 saturated heterocycles. The molecular weight excluding hydrogens is 333 g/mol. The predicted octanol–water partition coefficient (Wildman–Crippen LogP) is 4.69. The lowest BCUT2D eigenvalue weighted by atomic mass is 10.2. The van der Waals surface area contributed by atoms with Gasteiger partial charge in [0.1, 0.15) is 18.1 Å². The molecule has 0 fully saturated rings. The highest BCUT2D eigenvalue weighted by molar-refractivity contribution is 6.44. The summed E-state index contributed by atoms with van der Waals surface area (Å²) in [5.74, 6) is 1.31. The van der Waals surface area contributed by atoms with Crippen LogP contribution in [0.1, 0.15) is 11.1 Å². The lowest BCUT2D eigenvalue weighted by Crippen LogP contribution is -2.04. The van der Waals surface area contributed by atoms with Crippen LogP contribution in [0, 0.1) is 0 Å². The van der Waals surface area contributed by atoms with E-state index >= 15 is 0 Å². The number of hydrogen-bond donors (Lipinski definition) is 1. The average Bonchev–Trinajstić information content (AvgIpc) is 2.50. The third-order valence-electron chi connectivity index (χ3n) is 3.01. The number of halogens is 3. The molecule has 0 spiro atoms. The topological polar surface area (TPSA) is 44.5 Å². The first kappa shape index (κ1) is 16.2. The number of nitrogens with two attached hydrogens (primary N) is 1. The van der Waals surface area contributed by atoms with Crippen molar-refractivity contribution in [3.63, 3.8) is 0 Å². The number of methoxy groups -OCH3 is 1. The van der Waals surface area contributed by atoms with E-state index in [0.717, 1.165) is 5.56 Å². The van der Waals surface area contributed by atoms with Gasteiger partial charge >= 0.3 is 0 Å². The Labute approximate surface area is 138 Å². The van der Waals surface area contributed by atoms with Gasteiger partial charge in [0.25, 0.3) is 0 Å². The molecule has 0 aliphatic carbocycles. The fourth-order valence-electron chi connectivity index (χ4n) is 1.82. The maximum Gasteiger partial charge on any atom is 0.127 e. The molecule has 6 heteroatoms. The molecule has 3 nitrogen and oxygen atoms in total. The fourth-order valence-corrected chi connectivity index (χ4v) is 2.47. The Bertz CT molecular complexity index is 647. The molecule has 2 aromatic carbocycles. The largest absolute Gasteiger partial charge is 0.497 e. The third kappa shape index (κ3) is 3.74. The minimum absolute atomic E-state index is 0.193. The summed E-state index contributed by atoms with van der Waals surface area (Å²) in [5.41, 5.74) is 7.20. The van der Waals surface area contributed by atoms with Crippen LogP contribution in [0.3, 0.4) is 0 Å². The van der Waals surface area contributed by atoms with E-state index in [-0.39, 0.29) is 6.61 Å². The molecule has 2 N–H and O–H groups in total. The number of ether oxygens (including phenoxy) is 2. The summed E-state index contributed by atoms with van der Waals surface area (Å²) in [6, 6.07) is 8.79. The Kier molecular flexibility index (Phi) is 5.59. The lowest BCUT2D eigenvalue weighted by Gasteiger charge is -2.14. The number of hydrogen-bond acceptors (Lipinski definition) is 3. The molecule has 0 saturated carbocycles. The average molecular weight is 347 g/mol. The van der Waals surface area contributed by atoms with Gasteiger partial charge in [-0.15, -0.1) is 0 Å². The standard InChI is InChI=1S/C15H14Cl3NO2/c1-20-10-3-2-9(7-19)14(6-10)21-8-11-12(16)4-5-13(17)15(11)18/h2-6H,7-8,19H2,1H3. The predicted molar refractivity (Wildman–Crippen MR) is 86.7 cm³/mol. The van der Waals surface area contributed by atoms with Crippen molar-refractivity contribution in [1.29, 1.82) is 0 Å². The van der Waals surface area contributed by atoms with Gasteiger partial charge in [-0.25, -0.2) is 0 Å². The van der Waals surface area contributed by atoms with Crippen molar-refractivity contribution in [3.05, 3.63) is 56.5 Å². The van der Waals surface area contributed by atoms with E-state index in [9.17, 15) is 0 Å². The van der Waals surface area contributed by atoms with E-state index in [1.165, 1.54) is 0 Å². The zero-order valence-electron chi connectivity index (χ0n) is 11.3. The van der Waals surface area contributed by atoms with Gasteiger partial charge in [-0.3, -0.25) is 0 Å². The van der Waals surface area contributed by atoms with Gasteiger partial charge in [0.05, 0.1) is 17.2 Å². The van der Waals surface area contributed by atoms with Crippen LogP contribution in [-0.2, 0) is 13.2 Å².